The molecule has 0 unspecified atom stereocenters. The van der Waals surface area contributed by atoms with Crippen molar-refractivity contribution in [3.63, 3.8) is 0 Å². The van der Waals surface area contributed by atoms with E-state index >= 15 is 0 Å². The topological polar surface area (TPSA) is 46.5 Å². The molecule has 2 atom stereocenters. The summed E-state index contributed by atoms with van der Waals surface area (Å²) >= 11 is 0. The summed E-state index contributed by atoms with van der Waals surface area (Å²) in [6, 6.07) is 0. The van der Waals surface area contributed by atoms with Crippen molar-refractivity contribution in [2.75, 3.05) is 6.61 Å². The van der Waals surface area contributed by atoms with Crippen LogP contribution in [0.2, 0.25) is 0 Å². The third kappa shape index (κ3) is 1.60. The predicted octanol–water partition coefficient (Wildman–Crippen LogP) is 1.05. The van der Waals surface area contributed by atoms with Crippen molar-refractivity contribution in [1.29, 1.82) is 0 Å². The number of hydrogen-bond acceptors (Lipinski definition) is 2. The minimum absolute atomic E-state index is 0.271. The Morgan fingerprint density at radius 2 is 2.36 bits per heavy atom. The normalized spacial score (nSPS) is 30.3. The Morgan fingerprint density at radius 3 is 2.73 bits per heavy atom. The predicted molar refractivity (Wildman–Crippen MR) is 40.3 cm³/mol. The number of rotatable bonds is 2. The smallest absolute Gasteiger partial charge is 0.309 e. The van der Waals surface area contributed by atoms with Gasteiger partial charge in [-0.1, -0.05) is 12.2 Å². The number of hydrogen-bond donors (Lipinski definition) is 1. The van der Waals surface area contributed by atoms with Gasteiger partial charge in [-0.3, -0.25) is 4.79 Å². The lowest BCUT2D eigenvalue weighted by Gasteiger charge is -2.13. The first kappa shape index (κ1) is 8.27. The summed E-state index contributed by atoms with van der Waals surface area (Å²) in [4.78, 5) is 10.6. The fourth-order valence-electron chi connectivity index (χ4n) is 1.33. The molecule has 0 aromatic heterocycles. The minimum Gasteiger partial charge on any atom is -0.481 e. The molecule has 1 saturated heterocycles. The third-order valence-corrected chi connectivity index (χ3v) is 1.89. The second-order valence-corrected chi connectivity index (χ2v) is 2.87. The Balaban J connectivity index is 2.65. The summed E-state index contributed by atoms with van der Waals surface area (Å²) in [6.07, 6.45) is 0.333. The fraction of sp³-hybridized carbons (Fsp3) is 0.625. The van der Waals surface area contributed by atoms with Gasteiger partial charge in [0, 0.05) is 6.61 Å². The first-order chi connectivity index (χ1) is 5.13. The van der Waals surface area contributed by atoms with Gasteiger partial charge in [0.25, 0.3) is 0 Å². The molecule has 0 aromatic rings. The van der Waals surface area contributed by atoms with Crippen LogP contribution in [0.1, 0.15) is 13.3 Å². The summed E-state index contributed by atoms with van der Waals surface area (Å²) in [5, 5.41) is 8.71. The molecule has 1 rings (SSSR count). The first-order valence-corrected chi connectivity index (χ1v) is 3.62. The van der Waals surface area contributed by atoms with Crippen LogP contribution in [0.3, 0.4) is 0 Å². The largest absolute Gasteiger partial charge is 0.481 e. The lowest BCUT2D eigenvalue weighted by Crippen LogP contribution is -2.24. The monoisotopic (exact) mass is 156 g/mol. The van der Waals surface area contributed by atoms with E-state index in [9.17, 15) is 4.79 Å². The molecular weight excluding hydrogens is 144 g/mol. The summed E-state index contributed by atoms with van der Waals surface area (Å²) < 4.78 is 5.21. The molecule has 3 nitrogen and oxygen atoms in total. The van der Waals surface area contributed by atoms with Crippen molar-refractivity contribution in [2.24, 2.45) is 5.92 Å². The number of carboxylic acid groups (broad SMARTS) is 1. The molecule has 3 heteroatoms. The molecule has 1 N–H and O–H groups in total. The SMILES string of the molecule is C=C(C)[C@@H]1OCC[C@H]1C(=O)O. The summed E-state index contributed by atoms with van der Waals surface area (Å²) in [6.45, 7) is 6.02. The maximum Gasteiger partial charge on any atom is 0.309 e. The Bertz CT molecular complexity index is 166. The van der Waals surface area contributed by atoms with Crippen LogP contribution >= 0.6 is 0 Å². The molecule has 0 spiro atoms. The standard InChI is InChI=1S/C8H12O3/c1-5(2)7-6(8(9)10)3-4-11-7/h6-7H,1,3-4H2,2H3,(H,9,10)/t6-,7+/m1/s1. The fourth-order valence-corrected chi connectivity index (χ4v) is 1.33. The second-order valence-electron chi connectivity index (χ2n) is 2.87. The van der Waals surface area contributed by atoms with Crippen LogP contribution in [-0.2, 0) is 9.53 Å². The van der Waals surface area contributed by atoms with Gasteiger partial charge in [0.1, 0.15) is 0 Å². The number of ether oxygens (including phenoxy) is 1. The first-order valence-electron chi connectivity index (χ1n) is 3.62. The highest BCUT2D eigenvalue weighted by atomic mass is 16.5. The maximum atomic E-state index is 10.6. The Hall–Kier alpha value is -0.830. The molecule has 1 heterocycles. The van der Waals surface area contributed by atoms with Crippen LogP contribution in [0, 0.1) is 5.92 Å². The lowest BCUT2D eigenvalue weighted by molar-refractivity contribution is -0.142. The van der Waals surface area contributed by atoms with Crippen molar-refractivity contribution in [3.8, 4) is 0 Å². The quantitative estimate of drug-likeness (QED) is 0.608. The lowest BCUT2D eigenvalue weighted by atomic mass is 9.97. The van der Waals surface area contributed by atoms with E-state index in [0.717, 1.165) is 5.57 Å². The molecule has 1 aliphatic rings. The van der Waals surface area contributed by atoms with Gasteiger partial charge in [-0.25, -0.2) is 0 Å². The third-order valence-electron chi connectivity index (χ3n) is 1.89. The van der Waals surface area contributed by atoms with Gasteiger partial charge in [-0.15, -0.1) is 0 Å². The zero-order valence-electron chi connectivity index (χ0n) is 6.54. The highest BCUT2D eigenvalue weighted by Gasteiger charge is 2.34. The maximum absolute atomic E-state index is 10.6. The van der Waals surface area contributed by atoms with Crippen LogP contribution in [-0.4, -0.2) is 23.8 Å². The van der Waals surface area contributed by atoms with E-state index in [-0.39, 0.29) is 12.0 Å². The summed E-state index contributed by atoms with van der Waals surface area (Å²) in [5.74, 6) is -1.16. The van der Waals surface area contributed by atoms with Crippen molar-refractivity contribution < 1.29 is 14.6 Å². The molecule has 0 radical (unpaired) electrons. The summed E-state index contributed by atoms with van der Waals surface area (Å²) in [5.41, 5.74) is 0.801. The van der Waals surface area contributed by atoms with Gasteiger partial charge in [0.05, 0.1) is 12.0 Å². The number of aliphatic carboxylic acids is 1. The number of carboxylic acids is 1. The Kier molecular flexibility index (Phi) is 2.29. The minimum atomic E-state index is -0.782. The van der Waals surface area contributed by atoms with E-state index in [0.29, 0.717) is 13.0 Å². The zero-order chi connectivity index (χ0) is 8.43. The molecule has 0 saturated carbocycles. The van der Waals surface area contributed by atoms with Crippen LogP contribution in [0.15, 0.2) is 12.2 Å². The molecular formula is C8H12O3. The molecule has 1 aliphatic heterocycles. The Labute approximate surface area is 65.7 Å². The highest BCUT2D eigenvalue weighted by molar-refractivity contribution is 5.71. The van der Waals surface area contributed by atoms with Gasteiger partial charge in [0.2, 0.25) is 0 Å². The molecule has 1 fully saturated rings. The van der Waals surface area contributed by atoms with Gasteiger partial charge >= 0.3 is 5.97 Å². The zero-order valence-corrected chi connectivity index (χ0v) is 6.54. The molecule has 0 aliphatic carbocycles. The molecule has 0 bridgehead atoms. The van der Waals surface area contributed by atoms with E-state index < -0.39 is 5.97 Å². The van der Waals surface area contributed by atoms with Crippen molar-refractivity contribution >= 4 is 5.97 Å². The Morgan fingerprint density at radius 1 is 1.73 bits per heavy atom. The van der Waals surface area contributed by atoms with Gasteiger partial charge in [-0.05, 0) is 13.3 Å². The van der Waals surface area contributed by atoms with Crippen molar-refractivity contribution in [2.45, 2.75) is 19.4 Å². The average Bonchev–Trinajstić information content (AvgIpc) is 2.32. The molecule has 62 valence electrons. The van der Waals surface area contributed by atoms with E-state index in [1.807, 2.05) is 0 Å². The van der Waals surface area contributed by atoms with Crippen LogP contribution < -0.4 is 0 Å². The molecule has 0 amide bonds. The second kappa shape index (κ2) is 3.05. The summed E-state index contributed by atoms with van der Waals surface area (Å²) in [7, 11) is 0. The van der Waals surface area contributed by atoms with Crippen LogP contribution in [0.4, 0.5) is 0 Å². The van der Waals surface area contributed by atoms with Gasteiger partial charge < -0.3 is 9.84 Å². The van der Waals surface area contributed by atoms with Crippen molar-refractivity contribution in [1.82, 2.24) is 0 Å². The van der Waals surface area contributed by atoms with Gasteiger partial charge in [0.15, 0.2) is 0 Å². The van der Waals surface area contributed by atoms with E-state index in [1.54, 1.807) is 6.92 Å². The average molecular weight is 156 g/mol. The van der Waals surface area contributed by atoms with Gasteiger partial charge in [-0.2, -0.15) is 0 Å². The van der Waals surface area contributed by atoms with Crippen LogP contribution in [0.5, 0.6) is 0 Å². The van der Waals surface area contributed by atoms with E-state index in [1.165, 1.54) is 0 Å². The van der Waals surface area contributed by atoms with E-state index in [4.69, 9.17) is 9.84 Å². The molecule has 11 heavy (non-hydrogen) atoms. The molecule has 0 aromatic carbocycles. The van der Waals surface area contributed by atoms with E-state index in [2.05, 4.69) is 6.58 Å². The van der Waals surface area contributed by atoms with Crippen molar-refractivity contribution in [3.05, 3.63) is 12.2 Å². The number of carbonyl (C=O) groups is 1. The van der Waals surface area contributed by atoms with Crippen LogP contribution in [0.25, 0.3) is 0 Å². The highest BCUT2D eigenvalue weighted by Crippen LogP contribution is 2.25.